The van der Waals surface area contributed by atoms with Crippen molar-refractivity contribution in [2.24, 2.45) is 5.92 Å². The van der Waals surface area contributed by atoms with E-state index in [4.69, 9.17) is 11.6 Å². The number of rotatable bonds is 5. The quantitative estimate of drug-likeness (QED) is 0.391. The molecule has 2 amide bonds. The summed E-state index contributed by atoms with van der Waals surface area (Å²) in [6.07, 6.45) is -8.47. The minimum absolute atomic E-state index is 0.0146. The number of likely N-dealkylation sites (N-methyl/N-ethyl adjacent to an activating group) is 1. The summed E-state index contributed by atoms with van der Waals surface area (Å²) in [5.41, 5.74) is -4.27. The van der Waals surface area contributed by atoms with Gasteiger partial charge in [0.15, 0.2) is 0 Å². The first-order valence-corrected chi connectivity index (χ1v) is 12.5. The normalized spacial score (nSPS) is 20.5. The Kier molecular flexibility index (Phi) is 7.27. The maximum Gasteiger partial charge on any atom is 0.416 e. The highest BCUT2D eigenvalue weighted by Gasteiger charge is 2.46. The van der Waals surface area contributed by atoms with Crippen LogP contribution in [0.25, 0.3) is 0 Å². The second kappa shape index (κ2) is 9.77. The van der Waals surface area contributed by atoms with Crippen molar-refractivity contribution in [2.75, 3.05) is 20.1 Å². The van der Waals surface area contributed by atoms with Gasteiger partial charge in [-0.2, -0.15) is 26.3 Å². The lowest BCUT2D eigenvalue weighted by Gasteiger charge is -2.36. The molecule has 2 aromatic rings. The fraction of sp³-hybridized carbons (Fsp3) is 0.481. The maximum absolute atomic E-state index is 13.8. The van der Waals surface area contributed by atoms with Crippen LogP contribution in [-0.4, -0.2) is 47.8 Å². The molecule has 0 spiro atoms. The first-order chi connectivity index (χ1) is 17.5. The van der Waals surface area contributed by atoms with E-state index in [1.54, 1.807) is 29.2 Å². The monoisotopic (exact) mass is 560 g/mol. The summed E-state index contributed by atoms with van der Waals surface area (Å²) < 4.78 is 80.9. The predicted octanol–water partition coefficient (Wildman–Crippen LogP) is 6.52. The Morgan fingerprint density at radius 1 is 0.868 bits per heavy atom. The third-order valence-electron chi connectivity index (χ3n) is 7.49. The number of hydrogen-bond acceptors (Lipinski definition) is 2. The standard InChI is InChI=1S/C27H27ClF6N2O2/c1-25(2,17-10-18(26(29,30)31)12-19(11-17)27(32,33)34)24(38)35(3)22-14-36(23(37)16-4-5-16)13-21(22)15-6-8-20(28)9-7-15/h6-12,16,21-22H,4-5,13-14H2,1-3H3/t21-,22+/m0/s1. The fourth-order valence-corrected chi connectivity index (χ4v) is 5.14. The fourth-order valence-electron chi connectivity index (χ4n) is 5.02. The van der Waals surface area contributed by atoms with E-state index in [-0.39, 0.29) is 30.4 Å². The highest BCUT2D eigenvalue weighted by atomic mass is 35.5. The van der Waals surface area contributed by atoms with E-state index < -0.39 is 46.4 Å². The number of nitrogens with zero attached hydrogens (tertiary/aromatic N) is 2. The number of carbonyl (C=O) groups is 2. The Labute approximate surface area is 221 Å². The number of hydrogen-bond donors (Lipinski definition) is 0. The molecule has 0 N–H and O–H groups in total. The molecule has 0 bridgehead atoms. The van der Waals surface area contributed by atoms with Crippen LogP contribution in [0.1, 0.15) is 54.9 Å². The number of alkyl halides is 6. The molecule has 0 aromatic heterocycles. The van der Waals surface area contributed by atoms with Crippen LogP contribution in [0.15, 0.2) is 42.5 Å². The average molecular weight is 561 g/mol. The molecule has 0 unspecified atom stereocenters. The Morgan fingerprint density at radius 3 is 1.84 bits per heavy atom. The molecule has 2 fully saturated rings. The van der Waals surface area contributed by atoms with E-state index in [2.05, 4.69) is 0 Å². The van der Waals surface area contributed by atoms with Crippen molar-refractivity contribution in [2.45, 2.75) is 56.4 Å². The van der Waals surface area contributed by atoms with E-state index in [1.807, 2.05) is 0 Å². The molecule has 206 valence electrons. The van der Waals surface area contributed by atoms with Gasteiger partial charge in [0.2, 0.25) is 11.8 Å². The maximum atomic E-state index is 13.8. The Balaban J connectivity index is 1.69. The molecular formula is C27H27ClF6N2O2. The molecule has 38 heavy (non-hydrogen) atoms. The summed E-state index contributed by atoms with van der Waals surface area (Å²) in [5.74, 6) is -1.04. The summed E-state index contributed by atoms with van der Waals surface area (Å²) in [6, 6.07) is 7.64. The third-order valence-corrected chi connectivity index (χ3v) is 7.74. The van der Waals surface area contributed by atoms with E-state index in [1.165, 1.54) is 25.8 Å². The first kappa shape index (κ1) is 28.3. The molecular weight excluding hydrogens is 534 g/mol. The molecule has 11 heteroatoms. The van der Waals surface area contributed by atoms with Crippen molar-refractivity contribution in [3.05, 3.63) is 69.7 Å². The van der Waals surface area contributed by atoms with Gasteiger partial charge in [0.05, 0.1) is 22.6 Å². The Morgan fingerprint density at radius 2 is 1.37 bits per heavy atom. The van der Waals surface area contributed by atoms with Gasteiger partial charge >= 0.3 is 12.4 Å². The zero-order chi connectivity index (χ0) is 28.2. The Hall–Kier alpha value is -2.75. The van der Waals surface area contributed by atoms with Gasteiger partial charge in [0, 0.05) is 37.0 Å². The smallest absolute Gasteiger partial charge is 0.340 e. The number of benzene rings is 2. The molecule has 0 radical (unpaired) electrons. The van der Waals surface area contributed by atoms with Crippen LogP contribution in [0.2, 0.25) is 5.02 Å². The third kappa shape index (κ3) is 5.65. The van der Waals surface area contributed by atoms with Crippen molar-refractivity contribution >= 4 is 23.4 Å². The van der Waals surface area contributed by atoms with E-state index in [9.17, 15) is 35.9 Å². The van der Waals surface area contributed by atoms with Crippen molar-refractivity contribution in [1.29, 1.82) is 0 Å². The van der Waals surface area contributed by atoms with Gasteiger partial charge in [0.25, 0.3) is 0 Å². The zero-order valence-corrected chi connectivity index (χ0v) is 21.7. The van der Waals surface area contributed by atoms with Gasteiger partial charge in [-0.25, -0.2) is 0 Å². The lowest BCUT2D eigenvalue weighted by atomic mass is 9.80. The van der Waals surface area contributed by atoms with E-state index >= 15 is 0 Å². The van der Waals surface area contributed by atoms with Crippen LogP contribution in [0.3, 0.4) is 0 Å². The van der Waals surface area contributed by atoms with Crippen LogP contribution in [-0.2, 0) is 27.4 Å². The largest absolute Gasteiger partial charge is 0.416 e. The van der Waals surface area contributed by atoms with Gasteiger partial charge in [-0.15, -0.1) is 0 Å². The highest BCUT2D eigenvalue weighted by molar-refractivity contribution is 6.30. The Bertz CT molecular complexity index is 1190. The van der Waals surface area contributed by atoms with Crippen molar-refractivity contribution in [3.8, 4) is 0 Å². The van der Waals surface area contributed by atoms with Crippen LogP contribution in [0, 0.1) is 5.92 Å². The molecule has 4 rings (SSSR count). The van der Waals surface area contributed by atoms with Crippen molar-refractivity contribution < 1.29 is 35.9 Å². The van der Waals surface area contributed by atoms with Gasteiger partial charge in [-0.05, 0) is 68.1 Å². The minimum atomic E-state index is -5.03. The molecule has 2 atom stereocenters. The summed E-state index contributed by atoms with van der Waals surface area (Å²) in [6.45, 7) is 3.15. The molecule has 2 aliphatic rings. The second-order valence-corrected chi connectivity index (χ2v) is 11.0. The lowest BCUT2D eigenvalue weighted by Crippen LogP contribution is -2.49. The number of carbonyl (C=O) groups excluding carboxylic acids is 2. The molecule has 1 saturated heterocycles. The minimum Gasteiger partial charge on any atom is -0.340 e. The van der Waals surface area contributed by atoms with Gasteiger partial charge in [-0.3, -0.25) is 9.59 Å². The average Bonchev–Trinajstić information content (AvgIpc) is 3.60. The van der Waals surface area contributed by atoms with Crippen LogP contribution in [0.4, 0.5) is 26.3 Å². The molecule has 1 saturated carbocycles. The van der Waals surface area contributed by atoms with Crippen LogP contribution in [0.5, 0.6) is 0 Å². The van der Waals surface area contributed by atoms with Crippen molar-refractivity contribution in [3.63, 3.8) is 0 Å². The lowest BCUT2D eigenvalue weighted by molar-refractivity contribution is -0.144. The van der Waals surface area contributed by atoms with Crippen LogP contribution >= 0.6 is 11.6 Å². The topological polar surface area (TPSA) is 40.6 Å². The summed E-state index contributed by atoms with van der Waals surface area (Å²) in [4.78, 5) is 29.7. The second-order valence-electron chi connectivity index (χ2n) is 10.6. The van der Waals surface area contributed by atoms with Gasteiger partial charge < -0.3 is 9.80 Å². The first-order valence-electron chi connectivity index (χ1n) is 12.1. The number of amides is 2. The van der Waals surface area contributed by atoms with E-state index in [0.29, 0.717) is 23.7 Å². The molecule has 4 nitrogen and oxygen atoms in total. The summed E-state index contributed by atoms with van der Waals surface area (Å²) >= 11 is 6.02. The number of halogens is 7. The van der Waals surface area contributed by atoms with Crippen LogP contribution < -0.4 is 0 Å². The van der Waals surface area contributed by atoms with Crippen molar-refractivity contribution in [1.82, 2.24) is 9.80 Å². The molecule has 1 aliphatic heterocycles. The van der Waals surface area contributed by atoms with Gasteiger partial charge in [0.1, 0.15) is 0 Å². The van der Waals surface area contributed by atoms with Gasteiger partial charge in [-0.1, -0.05) is 23.7 Å². The SMILES string of the molecule is CN(C(=O)C(C)(C)c1cc(C(F)(F)F)cc(C(F)(F)F)c1)[C@@H]1CN(C(=O)C2CC2)C[C@H]1c1ccc(Cl)cc1. The van der Waals surface area contributed by atoms with E-state index in [0.717, 1.165) is 18.4 Å². The molecule has 1 heterocycles. The highest BCUT2D eigenvalue weighted by Crippen LogP contribution is 2.41. The predicted molar refractivity (Wildman–Crippen MR) is 130 cm³/mol. The summed E-state index contributed by atoms with van der Waals surface area (Å²) in [7, 11) is 1.47. The number of likely N-dealkylation sites (tertiary alicyclic amines) is 1. The molecule has 2 aromatic carbocycles. The summed E-state index contributed by atoms with van der Waals surface area (Å²) in [5, 5.41) is 0.504. The molecule has 1 aliphatic carbocycles. The zero-order valence-electron chi connectivity index (χ0n) is 21.0.